The third kappa shape index (κ3) is 1.58. The molecule has 0 aliphatic rings. The van der Waals surface area contributed by atoms with Crippen molar-refractivity contribution in [3.63, 3.8) is 0 Å². The van der Waals surface area contributed by atoms with E-state index in [0.717, 1.165) is 16.6 Å². The highest BCUT2D eigenvalue weighted by atomic mass is 16.5. The maximum Gasteiger partial charge on any atom is 0.341 e. The maximum absolute atomic E-state index is 11.5. The van der Waals surface area contributed by atoms with Crippen molar-refractivity contribution in [3.8, 4) is 0 Å². The van der Waals surface area contributed by atoms with Crippen LogP contribution in [0.15, 0.2) is 30.5 Å². The van der Waals surface area contributed by atoms with Crippen LogP contribution in [0.2, 0.25) is 0 Å². The fraction of sp³-hybridized carbons (Fsp3) is 0.167. The lowest BCUT2D eigenvalue weighted by Crippen LogP contribution is -2.07. The van der Waals surface area contributed by atoms with Gasteiger partial charge >= 0.3 is 5.97 Å². The molecule has 0 saturated heterocycles. The van der Waals surface area contributed by atoms with Gasteiger partial charge in [0.1, 0.15) is 5.56 Å². The van der Waals surface area contributed by atoms with Crippen LogP contribution in [0, 0.1) is 0 Å². The number of ether oxygens (including phenoxy) is 1. The molecule has 0 saturated carbocycles. The minimum absolute atomic E-state index is 0.386. The van der Waals surface area contributed by atoms with Crippen LogP contribution in [0.4, 0.5) is 5.69 Å². The van der Waals surface area contributed by atoms with Gasteiger partial charge in [-0.05, 0) is 6.07 Å². The number of methoxy groups -OCH3 is 1. The summed E-state index contributed by atoms with van der Waals surface area (Å²) in [5, 5.41) is 3.92. The summed E-state index contributed by atoms with van der Waals surface area (Å²) >= 11 is 0. The Bertz CT molecular complexity index is 538. The lowest BCUT2D eigenvalue weighted by molar-refractivity contribution is 0.0601. The van der Waals surface area contributed by atoms with Gasteiger partial charge in [0.15, 0.2) is 0 Å². The van der Waals surface area contributed by atoms with Crippen LogP contribution in [0.5, 0.6) is 0 Å². The number of hydrogen-bond acceptors (Lipinski definition) is 4. The average molecular weight is 216 g/mol. The predicted octanol–water partition coefficient (Wildman–Crippen LogP) is 2.06. The second-order valence-electron chi connectivity index (χ2n) is 3.31. The highest BCUT2D eigenvalue weighted by molar-refractivity contribution is 6.04. The summed E-state index contributed by atoms with van der Waals surface area (Å²) in [5.41, 5.74) is 2.04. The number of esters is 1. The Morgan fingerprint density at radius 3 is 2.81 bits per heavy atom. The van der Waals surface area contributed by atoms with Crippen LogP contribution in [0.25, 0.3) is 10.9 Å². The number of anilines is 1. The zero-order valence-electron chi connectivity index (χ0n) is 9.15. The molecule has 0 fully saturated rings. The van der Waals surface area contributed by atoms with E-state index in [1.165, 1.54) is 13.3 Å². The van der Waals surface area contributed by atoms with Gasteiger partial charge in [0.05, 0.1) is 18.3 Å². The lowest BCUT2D eigenvalue weighted by Gasteiger charge is -2.09. The number of pyridine rings is 1. The molecule has 0 radical (unpaired) electrons. The molecule has 0 aliphatic heterocycles. The van der Waals surface area contributed by atoms with Crippen molar-refractivity contribution < 1.29 is 9.53 Å². The molecule has 1 aromatic heterocycles. The van der Waals surface area contributed by atoms with Gasteiger partial charge in [0, 0.05) is 18.6 Å². The molecule has 0 unspecified atom stereocenters. The largest absolute Gasteiger partial charge is 0.465 e. The smallest absolute Gasteiger partial charge is 0.341 e. The summed E-state index contributed by atoms with van der Waals surface area (Å²) in [4.78, 5) is 15.8. The van der Waals surface area contributed by atoms with Crippen LogP contribution >= 0.6 is 0 Å². The number of nitrogens with one attached hydrogen (secondary N) is 1. The Hall–Kier alpha value is -2.10. The van der Waals surface area contributed by atoms with Crippen LogP contribution < -0.4 is 5.32 Å². The molecule has 1 aromatic carbocycles. The second-order valence-corrected chi connectivity index (χ2v) is 3.31. The Labute approximate surface area is 93.3 Å². The van der Waals surface area contributed by atoms with E-state index < -0.39 is 0 Å². The zero-order chi connectivity index (χ0) is 11.5. The van der Waals surface area contributed by atoms with Crippen LogP contribution in [0.1, 0.15) is 10.4 Å². The van der Waals surface area contributed by atoms with Gasteiger partial charge in [-0.25, -0.2) is 4.79 Å². The molecule has 2 aromatic rings. The van der Waals surface area contributed by atoms with Gasteiger partial charge in [0.2, 0.25) is 0 Å². The van der Waals surface area contributed by atoms with Gasteiger partial charge in [-0.2, -0.15) is 0 Å². The van der Waals surface area contributed by atoms with E-state index >= 15 is 0 Å². The molecule has 1 N–H and O–H groups in total. The molecular weight excluding hydrogens is 204 g/mol. The molecule has 16 heavy (non-hydrogen) atoms. The molecular formula is C12H12N2O2. The summed E-state index contributed by atoms with van der Waals surface area (Å²) in [6.07, 6.45) is 1.53. The number of benzene rings is 1. The first kappa shape index (κ1) is 10.4. The van der Waals surface area contributed by atoms with Crippen molar-refractivity contribution in [1.82, 2.24) is 4.98 Å². The molecule has 4 heteroatoms. The maximum atomic E-state index is 11.5. The van der Waals surface area contributed by atoms with Gasteiger partial charge in [-0.3, -0.25) is 4.98 Å². The quantitative estimate of drug-likeness (QED) is 0.781. The molecule has 0 aliphatic carbocycles. The summed E-state index contributed by atoms with van der Waals surface area (Å²) in [7, 11) is 3.13. The standard InChI is InChI=1S/C12H12N2O2/c1-13-11-8-5-3-4-6-10(8)14-7-9(11)12(15)16-2/h3-7H,1-2H3,(H,13,14). The summed E-state index contributed by atoms with van der Waals surface area (Å²) in [5.74, 6) is -0.386. The first-order chi connectivity index (χ1) is 7.77. The van der Waals surface area contributed by atoms with Crippen molar-refractivity contribution in [2.75, 3.05) is 19.5 Å². The molecule has 2 rings (SSSR count). The van der Waals surface area contributed by atoms with Crippen molar-refractivity contribution in [2.45, 2.75) is 0 Å². The van der Waals surface area contributed by atoms with Gasteiger partial charge < -0.3 is 10.1 Å². The number of para-hydroxylation sites is 1. The van der Waals surface area contributed by atoms with Gasteiger partial charge in [-0.15, -0.1) is 0 Å². The fourth-order valence-electron chi connectivity index (χ4n) is 1.68. The number of hydrogen-bond donors (Lipinski definition) is 1. The third-order valence-electron chi connectivity index (χ3n) is 2.43. The Kier molecular flexibility index (Phi) is 2.72. The first-order valence-electron chi connectivity index (χ1n) is 4.91. The average Bonchev–Trinajstić information content (AvgIpc) is 2.36. The number of aromatic nitrogens is 1. The van der Waals surface area contributed by atoms with Crippen LogP contribution in [-0.2, 0) is 4.74 Å². The second kappa shape index (κ2) is 4.18. The molecule has 0 atom stereocenters. The van der Waals surface area contributed by atoms with E-state index in [9.17, 15) is 4.79 Å². The van der Waals surface area contributed by atoms with E-state index in [1.54, 1.807) is 7.05 Å². The van der Waals surface area contributed by atoms with E-state index in [-0.39, 0.29) is 5.97 Å². The van der Waals surface area contributed by atoms with Crippen LogP contribution in [0.3, 0.4) is 0 Å². The fourth-order valence-corrected chi connectivity index (χ4v) is 1.68. The van der Waals surface area contributed by atoms with Crippen LogP contribution in [-0.4, -0.2) is 25.1 Å². The Balaban J connectivity index is 2.72. The summed E-state index contributed by atoms with van der Waals surface area (Å²) in [6.45, 7) is 0. The minimum atomic E-state index is -0.386. The molecule has 0 bridgehead atoms. The van der Waals surface area contributed by atoms with E-state index in [1.807, 2.05) is 24.3 Å². The number of carbonyl (C=O) groups is 1. The Morgan fingerprint density at radius 1 is 1.38 bits per heavy atom. The summed E-state index contributed by atoms with van der Waals surface area (Å²) < 4.78 is 4.71. The summed E-state index contributed by atoms with van der Waals surface area (Å²) in [6, 6.07) is 7.64. The lowest BCUT2D eigenvalue weighted by atomic mass is 10.1. The predicted molar refractivity (Wildman–Crippen MR) is 62.6 cm³/mol. The molecule has 4 nitrogen and oxygen atoms in total. The van der Waals surface area contributed by atoms with Crippen molar-refractivity contribution in [3.05, 3.63) is 36.0 Å². The van der Waals surface area contributed by atoms with Gasteiger partial charge in [-0.1, -0.05) is 18.2 Å². The molecule has 0 amide bonds. The molecule has 82 valence electrons. The van der Waals surface area contributed by atoms with E-state index in [0.29, 0.717) is 5.56 Å². The highest BCUT2D eigenvalue weighted by Gasteiger charge is 2.14. The minimum Gasteiger partial charge on any atom is -0.465 e. The molecule has 1 heterocycles. The van der Waals surface area contributed by atoms with Crippen molar-refractivity contribution in [1.29, 1.82) is 0 Å². The van der Waals surface area contributed by atoms with Crippen molar-refractivity contribution in [2.24, 2.45) is 0 Å². The number of nitrogens with zero attached hydrogens (tertiary/aromatic N) is 1. The molecule has 0 spiro atoms. The van der Waals surface area contributed by atoms with Crippen molar-refractivity contribution >= 4 is 22.6 Å². The SMILES string of the molecule is CNc1c(C(=O)OC)cnc2ccccc12. The van der Waals surface area contributed by atoms with E-state index in [2.05, 4.69) is 10.3 Å². The third-order valence-corrected chi connectivity index (χ3v) is 2.43. The topological polar surface area (TPSA) is 51.2 Å². The number of carbonyl (C=O) groups excluding carboxylic acids is 1. The zero-order valence-corrected chi connectivity index (χ0v) is 9.15. The Morgan fingerprint density at radius 2 is 2.12 bits per heavy atom. The number of rotatable bonds is 2. The van der Waals surface area contributed by atoms with Gasteiger partial charge in [0.25, 0.3) is 0 Å². The van der Waals surface area contributed by atoms with E-state index in [4.69, 9.17) is 4.74 Å². The highest BCUT2D eigenvalue weighted by Crippen LogP contribution is 2.25. The monoisotopic (exact) mass is 216 g/mol. The number of fused-ring (bicyclic) bond motifs is 1. The normalized spacial score (nSPS) is 10.1. The first-order valence-corrected chi connectivity index (χ1v) is 4.91.